The minimum atomic E-state index is -0.791. The van der Waals surface area contributed by atoms with E-state index in [4.69, 9.17) is 5.11 Å². The average molecular weight is 319 g/mol. The highest BCUT2D eigenvalue weighted by Crippen LogP contribution is 2.20. The highest BCUT2D eigenvalue weighted by molar-refractivity contribution is 14.1. The Morgan fingerprint density at radius 3 is 2.60 bits per heavy atom. The number of rotatable bonds is 4. The Bertz CT molecular complexity index is 363. The first kappa shape index (κ1) is 12.3. The first-order valence-electron chi connectivity index (χ1n) is 4.65. The molecule has 0 spiro atoms. The molecule has 0 heterocycles. The van der Waals surface area contributed by atoms with Crippen LogP contribution < -0.4 is 5.32 Å². The summed E-state index contributed by atoms with van der Waals surface area (Å²) in [5.41, 5.74) is 0.228. The minimum Gasteiger partial charge on any atom is -0.481 e. The lowest BCUT2D eigenvalue weighted by atomic mass is 9.94. The SMILES string of the molecule is CC(C)(CNc1ccccc1I)C(=O)O. The van der Waals surface area contributed by atoms with Crippen LogP contribution in [0.3, 0.4) is 0 Å². The Morgan fingerprint density at radius 2 is 2.07 bits per heavy atom. The van der Waals surface area contributed by atoms with E-state index in [2.05, 4.69) is 27.9 Å². The molecule has 0 radical (unpaired) electrons. The van der Waals surface area contributed by atoms with Crippen LogP contribution in [0, 0.1) is 8.99 Å². The second kappa shape index (κ2) is 4.83. The summed E-state index contributed by atoms with van der Waals surface area (Å²) >= 11 is 2.22. The molecule has 0 aliphatic carbocycles. The zero-order valence-corrected chi connectivity index (χ0v) is 10.9. The van der Waals surface area contributed by atoms with E-state index in [-0.39, 0.29) is 0 Å². The van der Waals surface area contributed by atoms with Gasteiger partial charge < -0.3 is 10.4 Å². The molecule has 0 aromatic heterocycles. The normalized spacial score (nSPS) is 11.1. The van der Waals surface area contributed by atoms with Crippen molar-refractivity contribution < 1.29 is 9.90 Å². The Labute approximate surface area is 103 Å². The van der Waals surface area contributed by atoms with Crippen LogP contribution in [-0.2, 0) is 4.79 Å². The molecule has 0 amide bonds. The molecule has 0 bridgehead atoms. The number of benzene rings is 1. The van der Waals surface area contributed by atoms with Gasteiger partial charge >= 0.3 is 5.97 Å². The number of carbonyl (C=O) groups is 1. The van der Waals surface area contributed by atoms with Gasteiger partial charge in [-0.2, -0.15) is 0 Å². The van der Waals surface area contributed by atoms with E-state index < -0.39 is 11.4 Å². The Morgan fingerprint density at radius 1 is 1.47 bits per heavy atom. The molecule has 0 aliphatic heterocycles. The highest BCUT2D eigenvalue weighted by Gasteiger charge is 2.26. The second-order valence-electron chi connectivity index (χ2n) is 4.02. The molecule has 1 aromatic carbocycles. The molecule has 0 atom stereocenters. The number of nitrogens with one attached hydrogen (secondary N) is 1. The maximum atomic E-state index is 10.9. The first-order valence-corrected chi connectivity index (χ1v) is 5.73. The molecule has 3 nitrogen and oxygen atoms in total. The van der Waals surface area contributed by atoms with Gasteiger partial charge in [0.1, 0.15) is 0 Å². The third-order valence-corrected chi connectivity index (χ3v) is 3.11. The molecule has 2 N–H and O–H groups in total. The molecule has 1 rings (SSSR count). The fourth-order valence-electron chi connectivity index (χ4n) is 0.996. The smallest absolute Gasteiger partial charge is 0.310 e. The minimum absolute atomic E-state index is 0.419. The van der Waals surface area contributed by atoms with E-state index in [0.29, 0.717) is 6.54 Å². The van der Waals surface area contributed by atoms with Crippen LogP contribution in [0.25, 0.3) is 0 Å². The molecule has 15 heavy (non-hydrogen) atoms. The molecule has 0 saturated carbocycles. The van der Waals surface area contributed by atoms with E-state index in [1.807, 2.05) is 24.3 Å². The van der Waals surface area contributed by atoms with Crippen LogP contribution in [0.15, 0.2) is 24.3 Å². The average Bonchev–Trinajstić information content (AvgIpc) is 2.16. The number of para-hydroxylation sites is 1. The van der Waals surface area contributed by atoms with Crippen molar-refractivity contribution in [1.29, 1.82) is 0 Å². The zero-order valence-electron chi connectivity index (χ0n) is 8.75. The molecule has 82 valence electrons. The lowest BCUT2D eigenvalue weighted by Crippen LogP contribution is -2.31. The number of carboxylic acids is 1. The van der Waals surface area contributed by atoms with E-state index in [1.165, 1.54) is 0 Å². The summed E-state index contributed by atoms with van der Waals surface area (Å²) in [6.45, 7) is 3.83. The standard InChI is InChI=1S/C11H14INO2/c1-11(2,10(14)15)7-13-9-6-4-3-5-8(9)12/h3-6,13H,7H2,1-2H3,(H,14,15). The molecular formula is C11H14INO2. The van der Waals surface area contributed by atoms with Crippen molar-refractivity contribution in [3.05, 3.63) is 27.8 Å². The molecule has 4 heteroatoms. The molecule has 0 aliphatic rings. The lowest BCUT2D eigenvalue weighted by Gasteiger charge is -2.20. The monoisotopic (exact) mass is 319 g/mol. The maximum absolute atomic E-state index is 10.9. The highest BCUT2D eigenvalue weighted by atomic mass is 127. The molecule has 0 fully saturated rings. The Kier molecular flexibility index (Phi) is 3.96. The maximum Gasteiger partial charge on any atom is 0.310 e. The van der Waals surface area contributed by atoms with Crippen LogP contribution in [-0.4, -0.2) is 17.6 Å². The molecule has 0 saturated heterocycles. The fraction of sp³-hybridized carbons (Fsp3) is 0.364. The Hall–Kier alpha value is -0.780. The van der Waals surface area contributed by atoms with Crippen molar-refractivity contribution in [2.24, 2.45) is 5.41 Å². The quantitative estimate of drug-likeness (QED) is 0.839. The third kappa shape index (κ3) is 3.37. The molecule has 1 aromatic rings. The van der Waals surface area contributed by atoms with Gasteiger partial charge in [0.05, 0.1) is 5.41 Å². The van der Waals surface area contributed by atoms with Crippen molar-refractivity contribution in [1.82, 2.24) is 0 Å². The predicted octanol–water partition coefficient (Wildman–Crippen LogP) is 2.81. The summed E-state index contributed by atoms with van der Waals surface area (Å²) in [6, 6.07) is 7.81. The van der Waals surface area contributed by atoms with Gasteiger partial charge in [0.15, 0.2) is 0 Å². The number of halogens is 1. The Balaban J connectivity index is 2.66. The summed E-state index contributed by atoms with van der Waals surface area (Å²) < 4.78 is 1.09. The van der Waals surface area contributed by atoms with Crippen molar-refractivity contribution >= 4 is 34.2 Å². The predicted molar refractivity (Wildman–Crippen MR) is 69.1 cm³/mol. The second-order valence-corrected chi connectivity index (χ2v) is 5.18. The summed E-state index contributed by atoms with van der Waals surface area (Å²) in [7, 11) is 0. The van der Waals surface area contributed by atoms with Gasteiger partial charge in [-0.3, -0.25) is 4.79 Å². The van der Waals surface area contributed by atoms with Gasteiger partial charge in [0, 0.05) is 15.8 Å². The number of aliphatic carboxylic acids is 1. The number of carboxylic acid groups (broad SMARTS) is 1. The van der Waals surface area contributed by atoms with Gasteiger partial charge in [-0.15, -0.1) is 0 Å². The zero-order chi connectivity index (χ0) is 11.5. The van der Waals surface area contributed by atoms with Crippen LogP contribution in [0.5, 0.6) is 0 Å². The van der Waals surface area contributed by atoms with Gasteiger partial charge in [0.25, 0.3) is 0 Å². The van der Waals surface area contributed by atoms with Crippen molar-refractivity contribution in [2.45, 2.75) is 13.8 Å². The number of hydrogen-bond acceptors (Lipinski definition) is 2. The van der Waals surface area contributed by atoms with Gasteiger partial charge in [-0.1, -0.05) is 12.1 Å². The van der Waals surface area contributed by atoms with Crippen molar-refractivity contribution in [2.75, 3.05) is 11.9 Å². The van der Waals surface area contributed by atoms with Gasteiger partial charge in [-0.05, 0) is 48.6 Å². The van der Waals surface area contributed by atoms with E-state index in [1.54, 1.807) is 13.8 Å². The lowest BCUT2D eigenvalue weighted by molar-refractivity contribution is -0.146. The summed E-state index contributed by atoms with van der Waals surface area (Å²) in [5.74, 6) is -0.791. The molecular weight excluding hydrogens is 305 g/mol. The van der Waals surface area contributed by atoms with E-state index in [0.717, 1.165) is 9.26 Å². The topological polar surface area (TPSA) is 49.3 Å². The third-order valence-electron chi connectivity index (χ3n) is 2.17. The van der Waals surface area contributed by atoms with Gasteiger partial charge in [0.2, 0.25) is 0 Å². The summed E-state index contributed by atoms with van der Waals surface area (Å²) in [5, 5.41) is 12.1. The van der Waals surface area contributed by atoms with E-state index in [9.17, 15) is 4.79 Å². The summed E-state index contributed by atoms with van der Waals surface area (Å²) in [6.07, 6.45) is 0. The molecule has 0 unspecified atom stereocenters. The van der Waals surface area contributed by atoms with Gasteiger partial charge in [-0.25, -0.2) is 0 Å². The fourth-order valence-corrected chi connectivity index (χ4v) is 1.57. The van der Waals surface area contributed by atoms with E-state index >= 15 is 0 Å². The summed E-state index contributed by atoms with van der Waals surface area (Å²) in [4.78, 5) is 10.9. The number of hydrogen-bond donors (Lipinski definition) is 2. The van der Waals surface area contributed by atoms with Crippen molar-refractivity contribution in [3.63, 3.8) is 0 Å². The van der Waals surface area contributed by atoms with Crippen LogP contribution >= 0.6 is 22.6 Å². The largest absolute Gasteiger partial charge is 0.481 e. The van der Waals surface area contributed by atoms with Crippen LogP contribution in [0.4, 0.5) is 5.69 Å². The van der Waals surface area contributed by atoms with Crippen molar-refractivity contribution in [3.8, 4) is 0 Å². The number of anilines is 1. The first-order chi connectivity index (χ1) is 6.93. The van der Waals surface area contributed by atoms with Crippen LogP contribution in [0.1, 0.15) is 13.8 Å². The van der Waals surface area contributed by atoms with Crippen LogP contribution in [0.2, 0.25) is 0 Å².